The first kappa shape index (κ1) is 8.21. The average Bonchev–Trinajstić information content (AvgIpc) is 1.82. The number of amides is 1. The quantitative estimate of drug-likeness (QED) is 0.446. The van der Waals surface area contributed by atoms with Crippen LogP contribution >= 0.6 is 0 Å². The summed E-state index contributed by atoms with van der Waals surface area (Å²) in [6, 6.07) is 0. The Hall–Kier alpha value is -0.790. The Labute approximate surface area is 56.0 Å². The molecule has 1 amide bonds. The molecule has 0 aliphatic heterocycles. The van der Waals surface area contributed by atoms with E-state index in [1.54, 1.807) is 0 Å². The summed E-state index contributed by atoms with van der Waals surface area (Å²) in [6.07, 6.45) is 0.715. The van der Waals surface area contributed by atoms with Crippen molar-refractivity contribution < 1.29 is 4.79 Å². The Morgan fingerprint density at radius 1 is 1.44 bits per heavy atom. The molecule has 0 atom stereocenters. The van der Waals surface area contributed by atoms with Crippen LogP contribution in [0.3, 0.4) is 0 Å². The molecule has 0 unspecified atom stereocenters. The van der Waals surface area contributed by atoms with Gasteiger partial charge < -0.3 is 5.32 Å². The molecule has 1 N–H and O–H groups in total. The van der Waals surface area contributed by atoms with Gasteiger partial charge in [0, 0.05) is 6.54 Å². The van der Waals surface area contributed by atoms with E-state index in [1.165, 1.54) is 11.1 Å². The van der Waals surface area contributed by atoms with Crippen molar-refractivity contribution in [3.63, 3.8) is 0 Å². The molecule has 0 heterocycles. The second-order valence-corrected chi connectivity index (χ2v) is 2.28. The van der Waals surface area contributed by atoms with E-state index >= 15 is 0 Å². The number of carbonyl (C=O) groups excluding carboxylic acids is 1. The Morgan fingerprint density at radius 3 is 2.33 bits per heavy atom. The van der Waals surface area contributed by atoms with Gasteiger partial charge in [-0.2, -0.15) is 0 Å². The second kappa shape index (κ2) is 4.13. The van der Waals surface area contributed by atoms with Crippen LogP contribution in [0.25, 0.3) is 0 Å². The van der Waals surface area contributed by atoms with Gasteiger partial charge in [0.05, 0.1) is 0 Å². The fourth-order valence-electron chi connectivity index (χ4n) is 0.372. The Balaban J connectivity index is 3.62. The van der Waals surface area contributed by atoms with Crippen LogP contribution in [0.2, 0.25) is 0 Å². The number of nitrogens with one attached hydrogen (secondary N) is 1. The zero-order valence-electron chi connectivity index (χ0n) is 6.19. The molecule has 52 valence electrons. The van der Waals surface area contributed by atoms with E-state index in [0.717, 1.165) is 0 Å². The zero-order chi connectivity index (χ0) is 7.28. The number of hydrogen-bond acceptors (Lipinski definition) is 1. The van der Waals surface area contributed by atoms with Gasteiger partial charge in [-0.25, -0.2) is 0 Å². The van der Waals surface area contributed by atoms with Crippen molar-refractivity contribution in [2.24, 2.45) is 0 Å². The first-order valence-electron chi connectivity index (χ1n) is 2.98. The fourth-order valence-corrected chi connectivity index (χ4v) is 0.372. The highest BCUT2D eigenvalue weighted by atomic mass is 16.1. The van der Waals surface area contributed by atoms with Crippen LogP contribution in [0.15, 0.2) is 11.1 Å². The van der Waals surface area contributed by atoms with Gasteiger partial charge in [0.15, 0.2) is 0 Å². The van der Waals surface area contributed by atoms with Gasteiger partial charge in [0.2, 0.25) is 6.41 Å². The molecular weight excluding hydrogens is 114 g/mol. The lowest BCUT2D eigenvalue weighted by Crippen LogP contribution is -2.13. The first-order valence-corrected chi connectivity index (χ1v) is 2.98. The first-order chi connectivity index (χ1) is 4.18. The predicted octanol–water partition coefficient (Wildman–Crippen LogP) is 1.09. The minimum atomic E-state index is 0.672. The third-order valence-corrected chi connectivity index (χ3v) is 1.30. The van der Waals surface area contributed by atoms with Crippen molar-refractivity contribution in [1.29, 1.82) is 0 Å². The summed E-state index contributed by atoms with van der Waals surface area (Å²) in [7, 11) is 0. The number of allylic oxidation sites excluding steroid dienone is 1. The minimum absolute atomic E-state index is 0.672. The van der Waals surface area contributed by atoms with Crippen molar-refractivity contribution in [3.05, 3.63) is 11.1 Å². The van der Waals surface area contributed by atoms with Crippen LogP contribution in [-0.4, -0.2) is 13.0 Å². The van der Waals surface area contributed by atoms with E-state index in [9.17, 15) is 4.79 Å². The SMILES string of the molecule is CC(C)=C(C)CNC=O. The minimum Gasteiger partial charge on any atom is -0.355 e. The molecule has 0 fully saturated rings. The summed E-state index contributed by atoms with van der Waals surface area (Å²) in [6.45, 7) is 6.74. The van der Waals surface area contributed by atoms with Gasteiger partial charge in [0.1, 0.15) is 0 Å². The van der Waals surface area contributed by atoms with Crippen LogP contribution in [-0.2, 0) is 4.79 Å². The highest BCUT2D eigenvalue weighted by molar-refractivity contribution is 5.46. The Kier molecular flexibility index (Phi) is 3.76. The molecule has 0 bridgehead atoms. The molecule has 0 aromatic rings. The Bertz CT molecular complexity index is 123. The molecule has 9 heavy (non-hydrogen) atoms. The standard InChI is InChI=1S/C7H13NO/c1-6(2)7(3)4-8-5-9/h5H,4H2,1-3H3,(H,8,9). The molecule has 0 radical (unpaired) electrons. The monoisotopic (exact) mass is 127 g/mol. The van der Waals surface area contributed by atoms with Gasteiger partial charge >= 0.3 is 0 Å². The highest BCUT2D eigenvalue weighted by Crippen LogP contribution is 1.98. The van der Waals surface area contributed by atoms with E-state index in [2.05, 4.69) is 5.32 Å². The van der Waals surface area contributed by atoms with Crippen molar-refractivity contribution >= 4 is 6.41 Å². The molecule has 2 heteroatoms. The van der Waals surface area contributed by atoms with Crippen LogP contribution in [0.5, 0.6) is 0 Å². The maximum atomic E-state index is 9.80. The van der Waals surface area contributed by atoms with Crippen molar-refractivity contribution in [2.45, 2.75) is 20.8 Å². The molecule has 2 nitrogen and oxygen atoms in total. The van der Waals surface area contributed by atoms with Crippen molar-refractivity contribution in [3.8, 4) is 0 Å². The Morgan fingerprint density at radius 2 is 2.00 bits per heavy atom. The molecule has 0 aliphatic rings. The zero-order valence-corrected chi connectivity index (χ0v) is 6.19. The average molecular weight is 127 g/mol. The second-order valence-electron chi connectivity index (χ2n) is 2.28. The topological polar surface area (TPSA) is 29.1 Å². The number of carbonyl (C=O) groups is 1. The predicted molar refractivity (Wildman–Crippen MR) is 38.1 cm³/mol. The van der Waals surface area contributed by atoms with Gasteiger partial charge in [-0.1, -0.05) is 11.1 Å². The van der Waals surface area contributed by atoms with Crippen molar-refractivity contribution in [1.82, 2.24) is 5.32 Å². The van der Waals surface area contributed by atoms with Crippen LogP contribution in [0.1, 0.15) is 20.8 Å². The highest BCUT2D eigenvalue weighted by Gasteiger charge is 1.88. The summed E-state index contributed by atoms with van der Waals surface area (Å²) in [5.74, 6) is 0. The fraction of sp³-hybridized carbons (Fsp3) is 0.571. The largest absolute Gasteiger partial charge is 0.355 e. The maximum Gasteiger partial charge on any atom is 0.207 e. The van der Waals surface area contributed by atoms with Crippen molar-refractivity contribution in [2.75, 3.05) is 6.54 Å². The smallest absolute Gasteiger partial charge is 0.207 e. The van der Waals surface area contributed by atoms with Gasteiger partial charge in [-0.15, -0.1) is 0 Å². The van der Waals surface area contributed by atoms with Gasteiger partial charge in [0.25, 0.3) is 0 Å². The summed E-state index contributed by atoms with van der Waals surface area (Å²) in [4.78, 5) is 9.80. The van der Waals surface area contributed by atoms with E-state index in [-0.39, 0.29) is 0 Å². The van der Waals surface area contributed by atoms with Gasteiger partial charge in [-0.05, 0) is 20.8 Å². The lowest BCUT2D eigenvalue weighted by atomic mass is 10.2. The summed E-state index contributed by atoms with van der Waals surface area (Å²) in [5, 5.41) is 2.59. The number of hydrogen-bond donors (Lipinski definition) is 1. The van der Waals surface area contributed by atoms with E-state index in [4.69, 9.17) is 0 Å². The maximum absolute atomic E-state index is 9.80. The molecule has 0 aromatic heterocycles. The van der Waals surface area contributed by atoms with Crippen LogP contribution < -0.4 is 5.32 Å². The summed E-state index contributed by atoms with van der Waals surface area (Å²) >= 11 is 0. The molecule has 0 aliphatic carbocycles. The number of rotatable bonds is 3. The molecule has 0 aromatic carbocycles. The molecule has 0 saturated carbocycles. The van der Waals surface area contributed by atoms with E-state index < -0.39 is 0 Å². The molecule has 0 spiro atoms. The van der Waals surface area contributed by atoms with Crippen LogP contribution in [0.4, 0.5) is 0 Å². The lowest BCUT2D eigenvalue weighted by Gasteiger charge is -2.00. The van der Waals surface area contributed by atoms with Gasteiger partial charge in [-0.3, -0.25) is 4.79 Å². The third-order valence-electron chi connectivity index (χ3n) is 1.30. The van der Waals surface area contributed by atoms with Crippen LogP contribution in [0, 0.1) is 0 Å². The van der Waals surface area contributed by atoms with E-state index in [0.29, 0.717) is 13.0 Å². The molecule has 0 saturated heterocycles. The van der Waals surface area contributed by atoms with E-state index in [1.807, 2.05) is 20.8 Å². The summed E-state index contributed by atoms with van der Waals surface area (Å²) < 4.78 is 0. The summed E-state index contributed by atoms with van der Waals surface area (Å²) in [5.41, 5.74) is 2.49. The molecular formula is C7H13NO. The third kappa shape index (κ3) is 3.76. The lowest BCUT2D eigenvalue weighted by molar-refractivity contribution is -0.109. The molecule has 0 rings (SSSR count). The normalized spacial score (nSPS) is 8.33.